The molecule has 0 bridgehead atoms. The van der Waals surface area contributed by atoms with E-state index in [9.17, 15) is 23.7 Å². The molecule has 1 aromatic carbocycles. The molecule has 0 radical (unpaired) electrons. The first kappa shape index (κ1) is 15.3. The van der Waals surface area contributed by atoms with Crippen molar-refractivity contribution in [1.29, 1.82) is 0 Å². The molecule has 8 heteroatoms. The highest BCUT2D eigenvalue weighted by atomic mass is 19.1. The lowest BCUT2D eigenvalue weighted by molar-refractivity contribution is -0.387. The molecule has 1 atom stereocenters. The topological polar surface area (TPSA) is 75.5 Å². The third-order valence-electron chi connectivity index (χ3n) is 3.50. The molecule has 0 aliphatic carbocycles. The lowest BCUT2D eigenvalue weighted by atomic mass is 10.1. The van der Waals surface area contributed by atoms with Crippen LogP contribution in [0.25, 0.3) is 0 Å². The molecule has 1 heterocycles. The summed E-state index contributed by atoms with van der Waals surface area (Å²) in [7, 11) is 1.96. The molecule has 1 saturated heterocycles. The van der Waals surface area contributed by atoms with Gasteiger partial charge in [-0.15, -0.1) is 0 Å². The maximum Gasteiger partial charge on any atom is 0.308 e. The quantitative estimate of drug-likeness (QED) is 0.676. The summed E-state index contributed by atoms with van der Waals surface area (Å²) in [4.78, 5) is 23.5. The van der Waals surface area contributed by atoms with Crippen molar-refractivity contribution < 1.29 is 18.5 Å². The Bertz CT molecular complexity index is 580. The van der Waals surface area contributed by atoms with Crippen LogP contribution in [-0.2, 0) is 0 Å². The van der Waals surface area contributed by atoms with Crippen molar-refractivity contribution in [2.24, 2.45) is 5.92 Å². The summed E-state index contributed by atoms with van der Waals surface area (Å²) in [6.45, 7) is 2.05. The third kappa shape index (κ3) is 3.52. The first-order valence-corrected chi connectivity index (χ1v) is 6.48. The molecule has 2 rings (SSSR count). The number of halogens is 2. The van der Waals surface area contributed by atoms with Crippen LogP contribution in [0, 0.1) is 27.7 Å². The Morgan fingerprint density at radius 1 is 1.52 bits per heavy atom. The number of carbonyl (C=O) groups is 1. The number of nitro groups is 1. The minimum Gasteiger partial charge on any atom is -0.352 e. The molecule has 114 valence electrons. The van der Waals surface area contributed by atoms with Gasteiger partial charge in [0.1, 0.15) is 5.82 Å². The van der Waals surface area contributed by atoms with Crippen molar-refractivity contribution in [2.75, 3.05) is 26.7 Å². The van der Waals surface area contributed by atoms with Crippen LogP contribution in [-0.4, -0.2) is 42.4 Å². The molecule has 0 spiro atoms. The van der Waals surface area contributed by atoms with Gasteiger partial charge in [0.25, 0.3) is 5.91 Å². The zero-order chi connectivity index (χ0) is 15.6. The summed E-state index contributed by atoms with van der Waals surface area (Å²) in [6.07, 6.45) is 0.905. The van der Waals surface area contributed by atoms with E-state index in [2.05, 4.69) is 10.2 Å². The van der Waals surface area contributed by atoms with E-state index in [-0.39, 0.29) is 5.92 Å². The molecule has 21 heavy (non-hydrogen) atoms. The smallest absolute Gasteiger partial charge is 0.308 e. The second-order valence-corrected chi connectivity index (χ2v) is 5.17. The molecule has 1 unspecified atom stereocenters. The maximum atomic E-state index is 13.8. The molecular formula is C13H15F2N3O3. The Balaban J connectivity index is 2.10. The summed E-state index contributed by atoms with van der Waals surface area (Å²) in [6, 6.07) is 1.12. The fourth-order valence-electron chi connectivity index (χ4n) is 2.40. The molecule has 1 N–H and O–H groups in total. The summed E-state index contributed by atoms with van der Waals surface area (Å²) in [5, 5.41) is 13.1. The van der Waals surface area contributed by atoms with E-state index in [0.29, 0.717) is 18.7 Å². The average molecular weight is 299 g/mol. The van der Waals surface area contributed by atoms with Gasteiger partial charge in [-0.3, -0.25) is 14.9 Å². The van der Waals surface area contributed by atoms with Gasteiger partial charge in [0.2, 0.25) is 5.82 Å². The lowest BCUT2D eigenvalue weighted by Crippen LogP contribution is -2.31. The van der Waals surface area contributed by atoms with Crippen LogP contribution >= 0.6 is 0 Å². The number of nitrogens with one attached hydrogen (secondary N) is 1. The van der Waals surface area contributed by atoms with Gasteiger partial charge in [0.15, 0.2) is 0 Å². The summed E-state index contributed by atoms with van der Waals surface area (Å²) in [5.74, 6) is -2.94. The van der Waals surface area contributed by atoms with Gasteiger partial charge in [-0.2, -0.15) is 4.39 Å². The van der Waals surface area contributed by atoms with Gasteiger partial charge < -0.3 is 10.2 Å². The molecule has 6 nitrogen and oxygen atoms in total. The van der Waals surface area contributed by atoms with Gasteiger partial charge in [-0.05, 0) is 32.0 Å². The second kappa shape index (κ2) is 6.13. The van der Waals surface area contributed by atoms with E-state index in [4.69, 9.17) is 0 Å². The second-order valence-electron chi connectivity index (χ2n) is 5.17. The number of benzene rings is 1. The largest absolute Gasteiger partial charge is 0.352 e. The Hall–Kier alpha value is -2.09. The van der Waals surface area contributed by atoms with E-state index in [1.807, 2.05) is 7.05 Å². The van der Waals surface area contributed by atoms with Crippen molar-refractivity contribution in [2.45, 2.75) is 6.42 Å². The fraction of sp³-hybridized carbons (Fsp3) is 0.462. The van der Waals surface area contributed by atoms with Crippen LogP contribution in [0.3, 0.4) is 0 Å². The number of carbonyl (C=O) groups excluding carboxylic acids is 1. The zero-order valence-electron chi connectivity index (χ0n) is 11.4. The van der Waals surface area contributed by atoms with E-state index < -0.39 is 33.7 Å². The fourth-order valence-corrected chi connectivity index (χ4v) is 2.40. The standard InChI is InChI=1S/C13H15F2N3O3/c1-17-3-2-8(7-17)6-16-13(19)10-4-9(14)5-11(12(10)15)18(20)21/h4-5,8H,2-3,6-7H2,1H3,(H,16,19). The van der Waals surface area contributed by atoms with E-state index in [0.717, 1.165) is 19.5 Å². The van der Waals surface area contributed by atoms with E-state index in [1.54, 1.807) is 0 Å². The molecule has 1 aliphatic rings. The Morgan fingerprint density at radius 3 is 2.81 bits per heavy atom. The van der Waals surface area contributed by atoms with Crippen molar-refractivity contribution in [3.8, 4) is 0 Å². The van der Waals surface area contributed by atoms with Gasteiger partial charge in [0.05, 0.1) is 16.6 Å². The minimum absolute atomic E-state index is 0.241. The van der Waals surface area contributed by atoms with Crippen LogP contribution in [0.1, 0.15) is 16.8 Å². The lowest BCUT2D eigenvalue weighted by Gasteiger charge is -2.12. The predicted molar refractivity (Wildman–Crippen MR) is 70.9 cm³/mol. The molecule has 1 amide bonds. The maximum absolute atomic E-state index is 13.8. The first-order chi connectivity index (χ1) is 9.88. The predicted octanol–water partition coefficient (Wildman–Crippen LogP) is 1.55. The van der Waals surface area contributed by atoms with Gasteiger partial charge in [-0.25, -0.2) is 4.39 Å². The molecule has 0 saturated carbocycles. The van der Waals surface area contributed by atoms with E-state index >= 15 is 0 Å². The van der Waals surface area contributed by atoms with Gasteiger partial charge in [0, 0.05) is 13.1 Å². The Labute approximate surface area is 119 Å². The highest BCUT2D eigenvalue weighted by Gasteiger charge is 2.25. The number of nitrogens with zero attached hydrogens (tertiary/aromatic N) is 2. The number of rotatable bonds is 4. The summed E-state index contributed by atoms with van der Waals surface area (Å²) in [5.41, 5.74) is -1.69. The monoisotopic (exact) mass is 299 g/mol. The summed E-state index contributed by atoms with van der Waals surface area (Å²) < 4.78 is 27.1. The third-order valence-corrected chi connectivity index (χ3v) is 3.50. The van der Waals surface area contributed by atoms with Crippen LogP contribution < -0.4 is 5.32 Å². The molecule has 0 aromatic heterocycles. The van der Waals surface area contributed by atoms with Crippen LogP contribution in [0.5, 0.6) is 0 Å². The number of amides is 1. The molecule has 1 aliphatic heterocycles. The zero-order valence-corrected chi connectivity index (χ0v) is 11.4. The highest BCUT2D eigenvalue weighted by Crippen LogP contribution is 2.22. The number of hydrogen-bond donors (Lipinski definition) is 1. The van der Waals surface area contributed by atoms with Crippen LogP contribution in [0.4, 0.5) is 14.5 Å². The number of likely N-dealkylation sites (tertiary alicyclic amines) is 1. The highest BCUT2D eigenvalue weighted by molar-refractivity contribution is 5.95. The first-order valence-electron chi connectivity index (χ1n) is 6.48. The van der Waals surface area contributed by atoms with Crippen molar-refractivity contribution in [3.63, 3.8) is 0 Å². The SMILES string of the molecule is CN1CCC(CNC(=O)c2cc(F)cc([N+](=O)[O-])c2F)C1. The van der Waals surface area contributed by atoms with Crippen molar-refractivity contribution in [1.82, 2.24) is 10.2 Å². The number of hydrogen-bond acceptors (Lipinski definition) is 4. The van der Waals surface area contributed by atoms with Crippen molar-refractivity contribution in [3.05, 3.63) is 39.4 Å². The van der Waals surface area contributed by atoms with Crippen molar-refractivity contribution >= 4 is 11.6 Å². The summed E-state index contributed by atoms with van der Waals surface area (Å²) >= 11 is 0. The average Bonchev–Trinajstić information content (AvgIpc) is 2.83. The number of nitro benzene ring substituents is 1. The molecular weight excluding hydrogens is 284 g/mol. The van der Waals surface area contributed by atoms with Crippen LogP contribution in [0.2, 0.25) is 0 Å². The van der Waals surface area contributed by atoms with Gasteiger partial charge in [-0.1, -0.05) is 0 Å². The molecule has 1 fully saturated rings. The van der Waals surface area contributed by atoms with E-state index in [1.165, 1.54) is 0 Å². The molecule has 1 aromatic rings. The minimum atomic E-state index is -1.32. The Kier molecular flexibility index (Phi) is 4.46. The normalized spacial score (nSPS) is 18.7. The Morgan fingerprint density at radius 2 is 2.24 bits per heavy atom. The van der Waals surface area contributed by atoms with Gasteiger partial charge >= 0.3 is 5.69 Å². The van der Waals surface area contributed by atoms with Crippen LogP contribution in [0.15, 0.2) is 12.1 Å².